The fourth-order valence-corrected chi connectivity index (χ4v) is 4.68. The van der Waals surface area contributed by atoms with Gasteiger partial charge in [0, 0.05) is 12.5 Å². The Labute approximate surface area is 119 Å². The second-order valence-electron chi connectivity index (χ2n) is 5.68. The number of nitrogens with one attached hydrogen (secondary N) is 1. The average Bonchev–Trinajstić information content (AvgIpc) is 2.97. The van der Waals surface area contributed by atoms with Gasteiger partial charge in [0.15, 0.2) is 16.4 Å². The van der Waals surface area contributed by atoms with Crippen molar-refractivity contribution in [1.29, 1.82) is 0 Å². The van der Waals surface area contributed by atoms with Gasteiger partial charge in [0.2, 0.25) is 0 Å². The van der Waals surface area contributed by atoms with Crippen LogP contribution < -0.4 is 5.32 Å². The molecule has 20 heavy (non-hydrogen) atoms. The number of hydrogen-bond donors (Lipinski definition) is 1. The summed E-state index contributed by atoms with van der Waals surface area (Å²) in [6.07, 6.45) is 4.81. The van der Waals surface area contributed by atoms with Gasteiger partial charge >= 0.3 is 5.97 Å². The van der Waals surface area contributed by atoms with Crippen molar-refractivity contribution in [2.45, 2.75) is 44.6 Å². The molecule has 1 N–H and O–H groups in total. The summed E-state index contributed by atoms with van der Waals surface area (Å²) in [5.41, 5.74) is 0. The first-order valence-corrected chi connectivity index (χ1v) is 8.92. The molecule has 7 heteroatoms. The van der Waals surface area contributed by atoms with Crippen molar-refractivity contribution in [3.63, 3.8) is 0 Å². The number of carbonyl (C=O) groups excluding carboxylic acids is 2. The molecular weight excluding hydrogens is 282 g/mol. The van der Waals surface area contributed by atoms with Crippen LogP contribution in [-0.4, -0.2) is 44.4 Å². The minimum Gasteiger partial charge on any atom is -0.456 e. The number of esters is 1. The van der Waals surface area contributed by atoms with Crippen LogP contribution in [0, 0.1) is 5.92 Å². The molecule has 2 rings (SSSR count). The molecule has 0 unspecified atom stereocenters. The van der Waals surface area contributed by atoms with E-state index in [1.165, 1.54) is 0 Å². The molecule has 2 aliphatic rings. The van der Waals surface area contributed by atoms with E-state index in [1.807, 2.05) is 0 Å². The second-order valence-corrected chi connectivity index (χ2v) is 7.91. The molecule has 0 radical (unpaired) electrons. The van der Waals surface area contributed by atoms with Crippen LogP contribution in [0.1, 0.15) is 38.5 Å². The van der Waals surface area contributed by atoms with Crippen LogP contribution in [0.25, 0.3) is 0 Å². The van der Waals surface area contributed by atoms with E-state index in [2.05, 4.69) is 5.32 Å². The molecule has 1 heterocycles. The molecule has 1 saturated heterocycles. The summed E-state index contributed by atoms with van der Waals surface area (Å²) < 4.78 is 27.4. The topological polar surface area (TPSA) is 89.5 Å². The molecule has 1 aliphatic heterocycles. The number of rotatable bonds is 5. The van der Waals surface area contributed by atoms with Crippen molar-refractivity contribution < 1.29 is 22.7 Å². The Morgan fingerprint density at radius 2 is 1.85 bits per heavy atom. The lowest BCUT2D eigenvalue weighted by atomic mass is 10.1. The molecule has 1 aliphatic carbocycles. The van der Waals surface area contributed by atoms with Gasteiger partial charge in [-0.05, 0) is 25.2 Å². The van der Waals surface area contributed by atoms with Crippen LogP contribution in [0.5, 0.6) is 0 Å². The number of ether oxygens (including phenoxy) is 1. The highest BCUT2D eigenvalue weighted by atomic mass is 32.2. The summed E-state index contributed by atoms with van der Waals surface area (Å²) in [7, 11) is -2.98. The molecule has 6 nitrogen and oxygen atoms in total. The smallest absolute Gasteiger partial charge is 0.306 e. The third-order valence-electron chi connectivity index (χ3n) is 3.87. The van der Waals surface area contributed by atoms with E-state index in [4.69, 9.17) is 4.74 Å². The summed E-state index contributed by atoms with van der Waals surface area (Å²) in [5.74, 6) is -0.730. The van der Waals surface area contributed by atoms with E-state index in [0.717, 1.165) is 25.7 Å². The quantitative estimate of drug-likeness (QED) is 0.743. The summed E-state index contributed by atoms with van der Waals surface area (Å²) >= 11 is 0. The Bertz CT molecular complexity index is 467. The number of amides is 1. The third-order valence-corrected chi connectivity index (χ3v) is 5.70. The monoisotopic (exact) mass is 303 g/mol. The van der Waals surface area contributed by atoms with Gasteiger partial charge in [-0.3, -0.25) is 9.59 Å². The molecule has 1 amide bonds. The van der Waals surface area contributed by atoms with Gasteiger partial charge in [-0.15, -0.1) is 0 Å². The summed E-state index contributed by atoms with van der Waals surface area (Å²) in [6, 6.07) is 0.209. The summed E-state index contributed by atoms with van der Waals surface area (Å²) in [6.45, 7) is -0.269. The van der Waals surface area contributed by atoms with Crippen LogP contribution in [0.15, 0.2) is 0 Å². The van der Waals surface area contributed by atoms with Crippen molar-refractivity contribution in [2.24, 2.45) is 5.92 Å². The van der Waals surface area contributed by atoms with Crippen molar-refractivity contribution in [3.05, 3.63) is 0 Å². The molecule has 1 atom stereocenters. The zero-order valence-electron chi connectivity index (χ0n) is 11.5. The predicted octanol–water partition coefficient (Wildman–Crippen LogP) is 0.413. The Kier molecular flexibility index (Phi) is 5.01. The summed E-state index contributed by atoms with van der Waals surface area (Å²) in [4.78, 5) is 23.1. The lowest BCUT2D eigenvalue weighted by Gasteiger charge is -2.12. The minimum absolute atomic E-state index is 0.0520. The van der Waals surface area contributed by atoms with Gasteiger partial charge in [0.1, 0.15) is 0 Å². The lowest BCUT2D eigenvalue weighted by molar-refractivity contribution is -0.149. The molecule has 0 bridgehead atoms. The number of sulfone groups is 1. The van der Waals surface area contributed by atoms with E-state index in [-0.39, 0.29) is 42.4 Å². The molecule has 0 spiro atoms. The maximum Gasteiger partial charge on any atom is 0.306 e. The first-order chi connectivity index (χ1) is 9.44. The van der Waals surface area contributed by atoms with Gasteiger partial charge in [-0.1, -0.05) is 12.8 Å². The van der Waals surface area contributed by atoms with Crippen molar-refractivity contribution in [1.82, 2.24) is 5.32 Å². The number of carbonyl (C=O) groups is 2. The summed E-state index contributed by atoms with van der Waals surface area (Å²) in [5, 5.41) is 2.83. The van der Waals surface area contributed by atoms with E-state index in [0.29, 0.717) is 6.42 Å². The average molecular weight is 303 g/mol. The molecule has 114 valence electrons. The van der Waals surface area contributed by atoms with Gasteiger partial charge in [-0.2, -0.15) is 0 Å². The van der Waals surface area contributed by atoms with Crippen molar-refractivity contribution in [2.75, 3.05) is 18.1 Å². The predicted molar refractivity (Wildman–Crippen MR) is 72.7 cm³/mol. The molecule has 2 fully saturated rings. The number of hydrogen-bond acceptors (Lipinski definition) is 5. The first-order valence-electron chi connectivity index (χ1n) is 7.10. The SMILES string of the molecule is O=C(COC(=O)C[C@@H]1CCS(=O)(=O)C1)NC1CCCC1. The first kappa shape index (κ1) is 15.3. The van der Waals surface area contributed by atoms with Crippen LogP contribution in [0.3, 0.4) is 0 Å². The fourth-order valence-electron chi connectivity index (χ4n) is 2.81. The maximum absolute atomic E-state index is 11.6. The van der Waals surface area contributed by atoms with E-state index in [9.17, 15) is 18.0 Å². The second kappa shape index (κ2) is 6.56. The van der Waals surface area contributed by atoms with Gasteiger partial charge in [-0.25, -0.2) is 8.42 Å². The minimum atomic E-state index is -2.98. The maximum atomic E-state index is 11.6. The van der Waals surface area contributed by atoms with E-state index in [1.54, 1.807) is 0 Å². The third kappa shape index (κ3) is 4.77. The molecular formula is C13H21NO5S. The lowest BCUT2D eigenvalue weighted by Crippen LogP contribution is -2.36. The Morgan fingerprint density at radius 1 is 1.15 bits per heavy atom. The van der Waals surface area contributed by atoms with Crippen LogP contribution in [-0.2, 0) is 24.2 Å². The highest BCUT2D eigenvalue weighted by molar-refractivity contribution is 7.91. The van der Waals surface area contributed by atoms with E-state index < -0.39 is 15.8 Å². The van der Waals surface area contributed by atoms with Gasteiger partial charge in [0.25, 0.3) is 5.91 Å². The molecule has 0 aromatic rings. The van der Waals surface area contributed by atoms with Gasteiger partial charge < -0.3 is 10.1 Å². The van der Waals surface area contributed by atoms with Crippen LogP contribution in [0.4, 0.5) is 0 Å². The van der Waals surface area contributed by atoms with Gasteiger partial charge in [0.05, 0.1) is 11.5 Å². The Balaban J connectivity index is 1.63. The van der Waals surface area contributed by atoms with Crippen molar-refractivity contribution in [3.8, 4) is 0 Å². The largest absolute Gasteiger partial charge is 0.456 e. The molecule has 1 saturated carbocycles. The van der Waals surface area contributed by atoms with E-state index >= 15 is 0 Å². The Morgan fingerprint density at radius 3 is 2.45 bits per heavy atom. The van der Waals surface area contributed by atoms with Crippen LogP contribution >= 0.6 is 0 Å². The van der Waals surface area contributed by atoms with Crippen molar-refractivity contribution >= 4 is 21.7 Å². The molecule has 0 aromatic carbocycles. The molecule has 0 aromatic heterocycles. The fraction of sp³-hybridized carbons (Fsp3) is 0.846. The zero-order chi connectivity index (χ0) is 14.6. The van der Waals surface area contributed by atoms with Crippen LogP contribution in [0.2, 0.25) is 0 Å². The Hall–Kier alpha value is -1.11. The zero-order valence-corrected chi connectivity index (χ0v) is 12.3. The highest BCUT2D eigenvalue weighted by Gasteiger charge is 2.30. The highest BCUT2D eigenvalue weighted by Crippen LogP contribution is 2.22. The normalized spacial score (nSPS) is 25.5. The standard InChI is InChI=1S/C13H21NO5S/c15-12(14-11-3-1-2-4-11)8-19-13(16)7-10-5-6-20(17,18)9-10/h10-11H,1-9H2,(H,14,15)/t10-/m0/s1.